The van der Waals surface area contributed by atoms with Crippen molar-refractivity contribution in [1.29, 1.82) is 0 Å². The molecule has 5 nitrogen and oxygen atoms in total. The molecule has 0 radical (unpaired) electrons. The number of ether oxygens (including phenoxy) is 1. The molecule has 1 aliphatic rings. The maximum atomic E-state index is 12.3. The molecule has 178 valence electrons. The molecule has 0 fully saturated rings. The second kappa shape index (κ2) is 10.4. The molecule has 2 atom stereocenters. The van der Waals surface area contributed by atoms with Gasteiger partial charge in [-0.15, -0.1) is 11.3 Å². The SMILES string of the molecule is O=C(NCCC(O)C(O)c1ccc(-c2ccccc2)s1)OCC1c2ccccc2-c2ccccc21. The normalized spacial score (nSPS) is 14.1. The lowest BCUT2D eigenvalue weighted by Gasteiger charge is -2.17. The van der Waals surface area contributed by atoms with Gasteiger partial charge in [0.25, 0.3) is 0 Å². The van der Waals surface area contributed by atoms with Crippen molar-refractivity contribution in [3.05, 3.63) is 107 Å². The van der Waals surface area contributed by atoms with E-state index in [9.17, 15) is 15.0 Å². The summed E-state index contributed by atoms with van der Waals surface area (Å²) in [7, 11) is 0. The summed E-state index contributed by atoms with van der Waals surface area (Å²) in [5.41, 5.74) is 5.75. The van der Waals surface area contributed by atoms with Gasteiger partial charge in [0.1, 0.15) is 12.7 Å². The third-order valence-electron chi connectivity index (χ3n) is 6.39. The van der Waals surface area contributed by atoms with Crippen LogP contribution >= 0.6 is 11.3 Å². The highest BCUT2D eigenvalue weighted by Crippen LogP contribution is 2.44. The number of rotatable bonds is 8. The molecule has 1 amide bonds. The molecule has 0 spiro atoms. The number of nitrogens with one attached hydrogen (secondary N) is 1. The van der Waals surface area contributed by atoms with E-state index in [1.165, 1.54) is 22.5 Å². The minimum atomic E-state index is -1.01. The van der Waals surface area contributed by atoms with Crippen molar-refractivity contribution in [2.75, 3.05) is 13.2 Å². The zero-order chi connectivity index (χ0) is 24.2. The molecule has 6 heteroatoms. The predicted octanol–water partition coefficient (Wildman–Crippen LogP) is 5.74. The van der Waals surface area contributed by atoms with E-state index in [-0.39, 0.29) is 25.5 Å². The first-order valence-corrected chi connectivity index (χ1v) is 12.5. The van der Waals surface area contributed by atoms with Gasteiger partial charge in [-0.05, 0) is 46.4 Å². The summed E-state index contributed by atoms with van der Waals surface area (Å²) < 4.78 is 5.53. The van der Waals surface area contributed by atoms with Gasteiger partial charge in [0.05, 0.1) is 6.10 Å². The molecular formula is C29H27NO4S. The molecule has 3 N–H and O–H groups in total. The average molecular weight is 486 g/mol. The average Bonchev–Trinajstić information content (AvgIpc) is 3.51. The fourth-order valence-corrected chi connectivity index (χ4v) is 5.65. The third kappa shape index (κ3) is 5.00. The van der Waals surface area contributed by atoms with Gasteiger partial charge in [-0.1, -0.05) is 78.9 Å². The summed E-state index contributed by atoms with van der Waals surface area (Å²) >= 11 is 1.45. The number of hydrogen-bond acceptors (Lipinski definition) is 5. The smallest absolute Gasteiger partial charge is 0.407 e. The van der Waals surface area contributed by atoms with Crippen molar-refractivity contribution in [2.45, 2.75) is 24.5 Å². The summed E-state index contributed by atoms with van der Waals surface area (Å²) in [5.74, 6) is -0.00167. The van der Waals surface area contributed by atoms with E-state index in [0.717, 1.165) is 21.6 Å². The number of aliphatic hydroxyl groups excluding tert-OH is 2. The van der Waals surface area contributed by atoms with E-state index < -0.39 is 18.3 Å². The number of hydrogen-bond donors (Lipinski definition) is 3. The van der Waals surface area contributed by atoms with Gasteiger partial charge in [0.15, 0.2) is 0 Å². The number of carbonyl (C=O) groups is 1. The highest BCUT2D eigenvalue weighted by Gasteiger charge is 2.29. The Morgan fingerprint density at radius 1 is 0.857 bits per heavy atom. The lowest BCUT2D eigenvalue weighted by molar-refractivity contribution is 0.0158. The predicted molar refractivity (Wildman–Crippen MR) is 138 cm³/mol. The molecule has 0 bridgehead atoms. The Morgan fingerprint density at radius 3 is 2.17 bits per heavy atom. The highest BCUT2D eigenvalue weighted by molar-refractivity contribution is 7.15. The molecule has 0 saturated heterocycles. The van der Waals surface area contributed by atoms with E-state index in [2.05, 4.69) is 29.6 Å². The molecule has 1 aromatic heterocycles. The first-order chi connectivity index (χ1) is 17.1. The number of alkyl carbamates (subject to hydrolysis) is 1. The molecule has 3 aromatic carbocycles. The zero-order valence-corrected chi connectivity index (χ0v) is 19.9. The minimum absolute atomic E-state index is 0.00167. The molecule has 35 heavy (non-hydrogen) atoms. The Labute approximate surface area is 208 Å². The van der Waals surface area contributed by atoms with Gasteiger partial charge in [-0.2, -0.15) is 0 Å². The number of thiophene rings is 1. The Morgan fingerprint density at radius 2 is 1.49 bits per heavy atom. The van der Waals surface area contributed by atoms with E-state index >= 15 is 0 Å². The third-order valence-corrected chi connectivity index (χ3v) is 7.60. The molecule has 5 rings (SSSR count). The fourth-order valence-electron chi connectivity index (χ4n) is 4.59. The van der Waals surface area contributed by atoms with Gasteiger partial charge >= 0.3 is 6.09 Å². The lowest BCUT2D eigenvalue weighted by Crippen LogP contribution is -2.30. The standard InChI is InChI=1S/C29H27NO4S/c31-25(28(32)27-15-14-26(35-27)19-8-2-1-3-9-19)16-17-30-29(33)34-18-24-22-12-6-4-10-20(22)21-11-5-7-13-23(21)24/h1-15,24-25,28,31-32H,16-18H2,(H,30,33). The highest BCUT2D eigenvalue weighted by atomic mass is 32.1. The van der Waals surface area contributed by atoms with Crippen LogP contribution < -0.4 is 5.32 Å². The molecule has 4 aromatic rings. The summed E-state index contributed by atoms with van der Waals surface area (Å²) in [4.78, 5) is 14.1. The molecule has 1 aliphatic carbocycles. The molecule has 2 unspecified atom stereocenters. The summed E-state index contributed by atoms with van der Waals surface area (Å²) in [6.07, 6.45) is -2.33. The van der Waals surface area contributed by atoms with Crippen LogP contribution in [0.15, 0.2) is 91.0 Å². The van der Waals surface area contributed by atoms with Crippen LogP contribution in [0.5, 0.6) is 0 Å². The maximum Gasteiger partial charge on any atom is 0.407 e. The lowest BCUT2D eigenvalue weighted by atomic mass is 9.98. The fraction of sp³-hybridized carbons (Fsp3) is 0.207. The molecule has 1 heterocycles. The number of carbonyl (C=O) groups excluding carboxylic acids is 1. The number of aliphatic hydroxyl groups is 2. The molecular weight excluding hydrogens is 458 g/mol. The Hall–Kier alpha value is -3.45. The molecule has 0 saturated carbocycles. The van der Waals surface area contributed by atoms with E-state index in [1.807, 2.05) is 66.7 Å². The van der Waals surface area contributed by atoms with Gasteiger partial charge in [-0.3, -0.25) is 0 Å². The van der Waals surface area contributed by atoms with Crippen molar-refractivity contribution in [3.8, 4) is 21.6 Å². The minimum Gasteiger partial charge on any atom is -0.449 e. The summed E-state index contributed by atoms with van der Waals surface area (Å²) in [5, 5.41) is 23.7. The van der Waals surface area contributed by atoms with E-state index in [1.54, 1.807) is 0 Å². The van der Waals surface area contributed by atoms with Crippen LogP contribution in [-0.4, -0.2) is 35.6 Å². The van der Waals surface area contributed by atoms with Crippen molar-refractivity contribution in [2.24, 2.45) is 0 Å². The second-order valence-electron chi connectivity index (χ2n) is 8.62. The van der Waals surface area contributed by atoms with Crippen molar-refractivity contribution < 1.29 is 19.7 Å². The summed E-state index contributed by atoms with van der Waals surface area (Å²) in [6, 6.07) is 30.1. The van der Waals surface area contributed by atoms with Crippen LogP contribution in [0.25, 0.3) is 21.6 Å². The number of fused-ring (bicyclic) bond motifs is 3. The van der Waals surface area contributed by atoms with E-state index in [0.29, 0.717) is 4.88 Å². The molecule has 0 aliphatic heterocycles. The van der Waals surface area contributed by atoms with Gasteiger partial charge in [-0.25, -0.2) is 4.79 Å². The Balaban J connectivity index is 1.11. The largest absolute Gasteiger partial charge is 0.449 e. The van der Waals surface area contributed by atoms with Crippen LogP contribution in [-0.2, 0) is 4.74 Å². The monoisotopic (exact) mass is 485 g/mol. The van der Waals surface area contributed by atoms with Gasteiger partial charge in [0, 0.05) is 22.2 Å². The maximum absolute atomic E-state index is 12.3. The van der Waals surface area contributed by atoms with Crippen molar-refractivity contribution in [3.63, 3.8) is 0 Å². The number of benzene rings is 3. The zero-order valence-electron chi connectivity index (χ0n) is 19.1. The second-order valence-corrected chi connectivity index (χ2v) is 9.74. The van der Waals surface area contributed by atoms with Crippen molar-refractivity contribution >= 4 is 17.4 Å². The van der Waals surface area contributed by atoms with Crippen LogP contribution in [0.3, 0.4) is 0 Å². The quantitative estimate of drug-likeness (QED) is 0.297. The number of amides is 1. The topological polar surface area (TPSA) is 78.8 Å². The first kappa shape index (κ1) is 23.3. The van der Waals surface area contributed by atoms with Gasteiger partial charge in [0.2, 0.25) is 0 Å². The van der Waals surface area contributed by atoms with Crippen LogP contribution in [0.1, 0.15) is 34.4 Å². The van der Waals surface area contributed by atoms with Crippen LogP contribution in [0.2, 0.25) is 0 Å². The van der Waals surface area contributed by atoms with E-state index in [4.69, 9.17) is 4.74 Å². The first-order valence-electron chi connectivity index (χ1n) is 11.7. The van der Waals surface area contributed by atoms with Gasteiger partial charge < -0.3 is 20.3 Å². The van der Waals surface area contributed by atoms with Crippen LogP contribution in [0.4, 0.5) is 4.79 Å². The summed E-state index contributed by atoms with van der Waals surface area (Å²) in [6.45, 7) is 0.439. The van der Waals surface area contributed by atoms with Crippen molar-refractivity contribution in [1.82, 2.24) is 5.32 Å². The Bertz CT molecular complexity index is 1260. The Kier molecular flexibility index (Phi) is 6.95. The van der Waals surface area contributed by atoms with Crippen LogP contribution in [0, 0.1) is 0 Å².